The Labute approximate surface area is 215 Å². The second kappa shape index (κ2) is 7.61. The number of hydrogen-bond donors (Lipinski definition) is 2. The number of hydrogen-bond acceptors (Lipinski definition) is 5. The van der Waals surface area contributed by atoms with Gasteiger partial charge in [-0.1, -0.05) is 24.3 Å². The summed E-state index contributed by atoms with van der Waals surface area (Å²) in [6, 6.07) is 15.1. The van der Waals surface area contributed by atoms with Crippen molar-refractivity contribution in [2.75, 3.05) is 12.4 Å². The number of aromatic nitrogens is 2. The number of imidazole rings is 1. The van der Waals surface area contributed by atoms with Gasteiger partial charge in [0.2, 0.25) is 0 Å². The first-order valence-corrected chi connectivity index (χ1v) is 12.2. The number of nitrogens with one attached hydrogen (secondary N) is 1. The highest BCUT2D eigenvalue weighted by Crippen LogP contribution is 2.50. The molecule has 7 rings (SSSR count). The van der Waals surface area contributed by atoms with Gasteiger partial charge in [-0.15, -0.1) is 0 Å². The van der Waals surface area contributed by atoms with E-state index in [1.54, 1.807) is 30.1 Å². The highest BCUT2D eigenvalue weighted by atomic mass is 19.3. The van der Waals surface area contributed by atoms with Gasteiger partial charge in [-0.3, -0.25) is 9.59 Å². The van der Waals surface area contributed by atoms with Crippen molar-refractivity contribution in [2.45, 2.75) is 37.6 Å². The van der Waals surface area contributed by atoms with Crippen LogP contribution in [0.4, 0.5) is 14.5 Å². The summed E-state index contributed by atoms with van der Waals surface area (Å²) in [5, 5.41) is 13.2. The minimum absolute atomic E-state index is 0.0165. The monoisotopic (exact) mass is 516 g/mol. The SMILES string of the molecule is CN1C(=O)c2cccc(OC(F)F)c2[C@H]2C[C@@H]1c1nc3ccc(-c4ccc5c(c4)NC(=O)C5(C)O)cc3n12. The van der Waals surface area contributed by atoms with E-state index in [-0.39, 0.29) is 17.7 Å². The Morgan fingerprint density at radius 3 is 2.66 bits per heavy atom. The zero-order chi connectivity index (χ0) is 26.5. The lowest BCUT2D eigenvalue weighted by Crippen LogP contribution is -2.30. The molecule has 0 fully saturated rings. The molecule has 0 spiro atoms. The van der Waals surface area contributed by atoms with Gasteiger partial charge >= 0.3 is 6.61 Å². The molecule has 192 valence electrons. The van der Waals surface area contributed by atoms with Crippen LogP contribution in [0.5, 0.6) is 5.75 Å². The van der Waals surface area contributed by atoms with Crippen LogP contribution in [0.2, 0.25) is 0 Å². The molecule has 4 aromatic rings. The van der Waals surface area contributed by atoms with Crippen LogP contribution in [-0.4, -0.2) is 45.0 Å². The molecule has 10 heteroatoms. The first-order valence-electron chi connectivity index (χ1n) is 12.2. The molecule has 4 heterocycles. The molecule has 0 aliphatic carbocycles. The van der Waals surface area contributed by atoms with E-state index in [0.717, 1.165) is 16.6 Å². The van der Waals surface area contributed by atoms with E-state index >= 15 is 0 Å². The molecule has 3 aromatic carbocycles. The molecule has 3 atom stereocenters. The Hall–Kier alpha value is -4.31. The fraction of sp³-hybridized carbons (Fsp3) is 0.250. The average molecular weight is 517 g/mol. The largest absolute Gasteiger partial charge is 0.434 e. The van der Waals surface area contributed by atoms with Crippen molar-refractivity contribution in [1.82, 2.24) is 14.5 Å². The number of carbonyl (C=O) groups is 2. The van der Waals surface area contributed by atoms with Gasteiger partial charge in [0.25, 0.3) is 11.8 Å². The number of alkyl halides is 2. The lowest BCUT2D eigenvalue weighted by molar-refractivity contribution is -0.131. The third-order valence-electron chi connectivity index (χ3n) is 7.97. The standard InChI is InChI=1S/C28H22F2N4O4/c1-28(37)16-8-6-13(10-18(16)32-26(28)36)14-7-9-17-19(11-14)34-20-12-21(24(34)31-17)33(2)25(35)15-4-3-5-22(23(15)20)38-27(29)30/h3-11,20-21,27,37H,12H2,1-2H3,(H,32,36)/t20-,21-,28?/m1/s1. The lowest BCUT2D eigenvalue weighted by Gasteiger charge is -2.24. The molecular weight excluding hydrogens is 494 g/mol. The van der Waals surface area contributed by atoms with Gasteiger partial charge in [-0.05, 0) is 48.4 Å². The summed E-state index contributed by atoms with van der Waals surface area (Å²) in [6.45, 7) is -1.57. The quantitative estimate of drug-likeness (QED) is 0.416. The van der Waals surface area contributed by atoms with E-state index in [9.17, 15) is 23.5 Å². The Balaban J connectivity index is 1.40. The number of carbonyl (C=O) groups excluding carboxylic acids is 2. The number of amides is 2. The molecule has 8 nitrogen and oxygen atoms in total. The topological polar surface area (TPSA) is 96.7 Å². The Bertz CT molecular complexity index is 1700. The molecule has 2 bridgehead atoms. The molecule has 0 saturated carbocycles. The predicted octanol–water partition coefficient (Wildman–Crippen LogP) is 4.58. The highest BCUT2D eigenvalue weighted by molar-refractivity contribution is 6.05. The van der Waals surface area contributed by atoms with Crippen molar-refractivity contribution in [1.29, 1.82) is 0 Å². The van der Waals surface area contributed by atoms with Crippen LogP contribution in [0.15, 0.2) is 54.6 Å². The van der Waals surface area contributed by atoms with Crippen molar-refractivity contribution in [2.24, 2.45) is 0 Å². The number of aliphatic hydroxyl groups is 1. The summed E-state index contributed by atoms with van der Waals surface area (Å²) in [5.41, 5.74) is 3.42. The van der Waals surface area contributed by atoms with Crippen LogP contribution in [0.1, 0.15) is 52.7 Å². The van der Waals surface area contributed by atoms with Crippen molar-refractivity contribution in [3.8, 4) is 16.9 Å². The van der Waals surface area contributed by atoms with Crippen molar-refractivity contribution < 1.29 is 28.2 Å². The normalized spacial score (nSPS) is 23.4. The van der Waals surface area contributed by atoms with E-state index in [0.29, 0.717) is 40.1 Å². The van der Waals surface area contributed by atoms with Crippen LogP contribution >= 0.6 is 0 Å². The van der Waals surface area contributed by atoms with E-state index in [4.69, 9.17) is 9.72 Å². The molecule has 0 saturated heterocycles. The van der Waals surface area contributed by atoms with E-state index in [1.807, 2.05) is 34.9 Å². The molecule has 3 aliphatic rings. The summed E-state index contributed by atoms with van der Waals surface area (Å²) in [5.74, 6) is -0.0663. The smallest absolute Gasteiger partial charge is 0.387 e. The first kappa shape index (κ1) is 22.9. The third-order valence-corrected chi connectivity index (χ3v) is 7.97. The molecule has 3 aliphatic heterocycles. The number of anilines is 1. The van der Waals surface area contributed by atoms with Gasteiger partial charge in [0.15, 0.2) is 5.60 Å². The summed E-state index contributed by atoms with van der Waals surface area (Å²) in [7, 11) is 1.70. The Morgan fingerprint density at radius 1 is 1.11 bits per heavy atom. The summed E-state index contributed by atoms with van der Waals surface area (Å²) in [4.78, 5) is 31.9. The van der Waals surface area contributed by atoms with Gasteiger partial charge in [0.1, 0.15) is 11.6 Å². The predicted molar refractivity (Wildman–Crippen MR) is 134 cm³/mol. The number of benzene rings is 3. The summed E-state index contributed by atoms with van der Waals surface area (Å²) in [6.07, 6.45) is 0.487. The number of ether oxygens (including phenoxy) is 1. The highest BCUT2D eigenvalue weighted by Gasteiger charge is 2.45. The van der Waals surface area contributed by atoms with Crippen molar-refractivity contribution in [3.05, 3.63) is 77.1 Å². The van der Waals surface area contributed by atoms with Gasteiger partial charge < -0.3 is 24.6 Å². The van der Waals surface area contributed by atoms with Gasteiger partial charge in [-0.2, -0.15) is 8.78 Å². The van der Waals surface area contributed by atoms with Crippen LogP contribution in [0, 0.1) is 0 Å². The molecule has 1 unspecified atom stereocenters. The first-order chi connectivity index (χ1) is 18.1. The third kappa shape index (κ3) is 3.00. The minimum Gasteiger partial charge on any atom is -0.434 e. The van der Waals surface area contributed by atoms with Gasteiger partial charge in [-0.25, -0.2) is 4.98 Å². The second-order valence-electron chi connectivity index (χ2n) is 10.1. The molecular formula is C28H22F2N4O4. The fourth-order valence-electron chi connectivity index (χ4n) is 6.08. The zero-order valence-corrected chi connectivity index (χ0v) is 20.4. The number of rotatable bonds is 3. The Morgan fingerprint density at radius 2 is 1.87 bits per heavy atom. The average Bonchev–Trinajstić information content (AvgIpc) is 3.48. The number of fused-ring (bicyclic) bond motifs is 10. The summed E-state index contributed by atoms with van der Waals surface area (Å²) < 4.78 is 33.5. The maximum Gasteiger partial charge on any atom is 0.387 e. The van der Waals surface area contributed by atoms with E-state index < -0.39 is 24.2 Å². The minimum atomic E-state index is -3.03. The lowest BCUT2D eigenvalue weighted by atomic mass is 9.95. The van der Waals surface area contributed by atoms with E-state index in [2.05, 4.69) is 5.32 Å². The van der Waals surface area contributed by atoms with Gasteiger partial charge in [0.05, 0.1) is 23.1 Å². The zero-order valence-electron chi connectivity index (χ0n) is 20.4. The summed E-state index contributed by atoms with van der Waals surface area (Å²) >= 11 is 0. The molecule has 1 aromatic heterocycles. The molecule has 0 radical (unpaired) electrons. The van der Waals surface area contributed by atoms with Crippen molar-refractivity contribution in [3.63, 3.8) is 0 Å². The maximum atomic E-state index is 13.3. The van der Waals surface area contributed by atoms with Gasteiger partial charge in [0, 0.05) is 35.8 Å². The second-order valence-corrected chi connectivity index (χ2v) is 10.1. The number of halogens is 2. The molecule has 2 N–H and O–H groups in total. The van der Waals surface area contributed by atoms with E-state index in [1.165, 1.54) is 13.0 Å². The maximum absolute atomic E-state index is 13.3. The number of nitrogens with zero attached hydrogens (tertiary/aromatic N) is 3. The van der Waals surface area contributed by atoms with Crippen LogP contribution < -0.4 is 10.1 Å². The molecule has 38 heavy (non-hydrogen) atoms. The van der Waals surface area contributed by atoms with Crippen LogP contribution in [-0.2, 0) is 10.4 Å². The fourth-order valence-corrected chi connectivity index (χ4v) is 6.08. The Kier molecular flexibility index (Phi) is 4.58. The van der Waals surface area contributed by atoms with Crippen LogP contribution in [0.3, 0.4) is 0 Å². The van der Waals surface area contributed by atoms with Crippen molar-refractivity contribution >= 4 is 28.5 Å². The van der Waals surface area contributed by atoms with Crippen LogP contribution in [0.25, 0.3) is 22.2 Å². The molecule has 2 amide bonds.